The van der Waals surface area contributed by atoms with Crippen LogP contribution < -0.4 is 0 Å². The van der Waals surface area contributed by atoms with Gasteiger partial charge in [-0.15, -0.1) is 0 Å². The molecule has 0 aliphatic heterocycles. The molecule has 2 rings (SSSR count). The van der Waals surface area contributed by atoms with Gasteiger partial charge in [0.25, 0.3) is 10.1 Å². The van der Waals surface area contributed by atoms with E-state index in [0.29, 0.717) is 5.39 Å². The van der Waals surface area contributed by atoms with Gasteiger partial charge in [-0.1, -0.05) is 12.1 Å². The maximum Gasteiger partial charge on any atom is 0.296 e. The van der Waals surface area contributed by atoms with Crippen molar-refractivity contribution in [3.63, 3.8) is 0 Å². The Morgan fingerprint density at radius 3 is 2.79 bits per heavy atom. The lowest BCUT2D eigenvalue weighted by atomic mass is 10.2. The predicted molar refractivity (Wildman–Crippen MR) is 49.4 cm³/mol. The molecule has 1 N–H and O–H groups in total. The normalized spacial score (nSPS) is 11.8. The van der Waals surface area contributed by atoms with Crippen molar-refractivity contribution in [2.24, 2.45) is 0 Å². The Bertz CT molecular complexity index is 575. The van der Waals surface area contributed by atoms with Crippen LogP contribution in [0.3, 0.4) is 0 Å². The first kappa shape index (κ1) is 9.04. The molecule has 0 fully saturated rings. The molecule has 0 aliphatic rings. The summed E-state index contributed by atoms with van der Waals surface area (Å²) in [6.07, 6.45) is 2.72. The molecule has 0 bridgehead atoms. The minimum absolute atomic E-state index is 0.197. The molecule has 0 radical (unpaired) electrons. The van der Waals surface area contributed by atoms with Gasteiger partial charge < -0.3 is 0 Å². The fourth-order valence-electron chi connectivity index (χ4n) is 1.19. The first-order valence-electron chi connectivity index (χ1n) is 3.75. The van der Waals surface area contributed by atoms with Crippen LogP contribution in [0.2, 0.25) is 0 Å². The van der Waals surface area contributed by atoms with Gasteiger partial charge in [0.15, 0.2) is 0 Å². The van der Waals surface area contributed by atoms with Crippen molar-refractivity contribution >= 4 is 21.0 Å². The fraction of sp³-hybridized carbons (Fsp3) is 0. The first-order valence-corrected chi connectivity index (χ1v) is 5.19. The average molecular weight is 210 g/mol. The second kappa shape index (κ2) is 3.00. The second-order valence-corrected chi connectivity index (χ2v) is 4.08. The van der Waals surface area contributed by atoms with E-state index < -0.39 is 10.1 Å². The summed E-state index contributed by atoms with van der Waals surface area (Å²) < 4.78 is 30.8. The van der Waals surface area contributed by atoms with Crippen LogP contribution in [0.4, 0.5) is 0 Å². The van der Waals surface area contributed by atoms with Crippen LogP contribution in [0.1, 0.15) is 0 Å². The van der Waals surface area contributed by atoms with Gasteiger partial charge in [0.2, 0.25) is 0 Å². The van der Waals surface area contributed by atoms with Gasteiger partial charge in [-0.3, -0.25) is 4.55 Å². The van der Waals surface area contributed by atoms with Crippen molar-refractivity contribution in [2.45, 2.75) is 4.90 Å². The van der Waals surface area contributed by atoms with Gasteiger partial charge in [0.1, 0.15) is 11.2 Å². The maximum atomic E-state index is 10.9. The molecule has 0 spiro atoms. The summed E-state index contributed by atoms with van der Waals surface area (Å²) in [5.74, 6) is 0. The number of rotatable bonds is 1. The van der Waals surface area contributed by atoms with E-state index in [4.69, 9.17) is 4.55 Å². The van der Waals surface area contributed by atoms with E-state index in [1.165, 1.54) is 24.7 Å². The highest BCUT2D eigenvalue weighted by molar-refractivity contribution is 7.86. The lowest BCUT2D eigenvalue weighted by Crippen LogP contribution is -2.00. The Balaban J connectivity index is 2.92. The Morgan fingerprint density at radius 1 is 1.29 bits per heavy atom. The van der Waals surface area contributed by atoms with Crippen molar-refractivity contribution in [1.29, 1.82) is 0 Å². The summed E-state index contributed by atoms with van der Waals surface area (Å²) in [5, 5.41) is 0.572. The minimum atomic E-state index is -4.22. The molecule has 5 nitrogen and oxygen atoms in total. The van der Waals surface area contributed by atoms with Gasteiger partial charge in [0.05, 0.1) is 5.52 Å². The van der Waals surface area contributed by atoms with Crippen LogP contribution in [0.15, 0.2) is 35.6 Å². The standard InChI is InChI=1S/C8H6N2O3S/c11-14(12,13)7-3-1-2-6-4-9-5-10-8(6)7/h1-5H,(H,11,12,13). The molecular formula is C8H6N2O3S. The molecule has 14 heavy (non-hydrogen) atoms. The molecule has 1 aromatic heterocycles. The van der Waals surface area contributed by atoms with E-state index >= 15 is 0 Å². The highest BCUT2D eigenvalue weighted by Crippen LogP contribution is 2.18. The van der Waals surface area contributed by atoms with Crippen molar-refractivity contribution in [3.8, 4) is 0 Å². The molecule has 0 aliphatic carbocycles. The van der Waals surface area contributed by atoms with E-state index in [2.05, 4.69) is 9.97 Å². The van der Waals surface area contributed by atoms with E-state index in [-0.39, 0.29) is 10.4 Å². The summed E-state index contributed by atoms with van der Waals surface area (Å²) in [4.78, 5) is 7.35. The lowest BCUT2D eigenvalue weighted by Gasteiger charge is -2.00. The highest BCUT2D eigenvalue weighted by Gasteiger charge is 2.13. The van der Waals surface area contributed by atoms with Gasteiger partial charge in [0, 0.05) is 11.6 Å². The second-order valence-electron chi connectivity index (χ2n) is 2.69. The first-order chi connectivity index (χ1) is 6.59. The zero-order valence-corrected chi connectivity index (χ0v) is 7.77. The minimum Gasteiger partial charge on any atom is -0.282 e. The molecule has 0 saturated heterocycles. The van der Waals surface area contributed by atoms with Crippen molar-refractivity contribution < 1.29 is 13.0 Å². The summed E-state index contributed by atoms with van der Waals surface area (Å²) in [6.45, 7) is 0. The van der Waals surface area contributed by atoms with Crippen LogP contribution in [0.5, 0.6) is 0 Å². The van der Waals surface area contributed by atoms with E-state index in [1.54, 1.807) is 6.07 Å². The topological polar surface area (TPSA) is 80.2 Å². The Morgan fingerprint density at radius 2 is 2.07 bits per heavy atom. The van der Waals surface area contributed by atoms with Gasteiger partial charge in [-0.05, 0) is 6.07 Å². The maximum absolute atomic E-state index is 10.9. The number of fused-ring (bicyclic) bond motifs is 1. The van der Waals surface area contributed by atoms with Crippen LogP contribution >= 0.6 is 0 Å². The zero-order chi connectivity index (χ0) is 10.2. The Hall–Kier alpha value is -1.53. The van der Waals surface area contributed by atoms with Crippen LogP contribution in [0.25, 0.3) is 10.9 Å². The lowest BCUT2D eigenvalue weighted by molar-refractivity contribution is 0.484. The molecule has 0 atom stereocenters. The van der Waals surface area contributed by atoms with E-state index in [0.717, 1.165) is 0 Å². The number of aromatic nitrogens is 2. The third kappa shape index (κ3) is 1.45. The largest absolute Gasteiger partial charge is 0.296 e. The average Bonchev–Trinajstić information content (AvgIpc) is 2.15. The predicted octanol–water partition coefficient (Wildman–Crippen LogP) is 0.877. The van der Waals surface area contributed by atoms with Gasteiger partial charge in [-0.2, -0.15) is 8.42 Å². The summed E-state index contributed by atoms with van der Waals surface area (Å²) in [7, 11) is -4.22. The SMILES string of the molecule is O=S(=O)(O)c1cccc2cncnc12. The number of nitrogens with zero attached hydrogens (tertiary/aromatic N) is 2. The molecule has 1 heterocycles. The number of para-hydroxylation sites is 1. The van der Waals surface area contributed by atoms with Crippen LogP contribution in [-0.4, -0.2) is 22.9 Å². The number of hydrogen-bond donors (Lipinski definition) is 1. The van der Waals surface area contributed by atoms with Crippen LogP contribution in [-0.2, 0) is 10.1 Å². The van der Waals surface area contributed by atoms with Crippen molar-refractivity contribution in [1.82, 2.24) is 9.97 Å². The highest BCUT2D eigenvalue weighted by atomic mass is 32.2. The van der Waals surface area contributed by atoms with Crippen molar-refractivity contribution in [2.75, 3.05) is 0 Å². The van der Waals surface area contributed by atoms with E-state index in [1.807, 2.05) is 0 Å². The monoisotopic (exact) mass is 210 g/mol. The summed E-state index contributed by atoms with van der Waals surface area (Å²) in [5.41, 5.74) is 0.227. The van der Waals surface area contributed by atoms with E-state index in [9.17, 15) is 8.42 Å². The fourth-order valence-corrected chi connectivity index (χ4v) is 1.86. The molecule has 0 saturated carbocycles. The van der Waals surface area contributed by atoms with Gasteiger partial charge >= 0.3 is 0 Å². The van der Waals surface area contributed by atoms with Crippen LogP contribution in [0, 0.1) is 0 Å². The molecular weight excluding hydrogens is 204 g/mol. The molecule has 1 aromatic carbocycles. The zero-order valence-electron chi connectivity index (χ0n) is 6.95. The number of hydrogen-bond acceptors (Lipinski definition) is 4. The molecule has 72 valence electrons. The Labute approximate surface area is 80.2 Å². The molecule has 6 heteroatoms. The molecule has 2 aromatic rings. The third-order valence-electron chi connectivity index (χ3n) is 1.78. The van der Waals surface area contributed by atoms with Gasteiger partial charge in [-0.25, -0.2) is 9.97 Å². The third-order valence-corrected chi connectivity index (χ3v) is 2.66. The summed E-state index contributed by atoms with van der Waals surface area (Å²) >= 11 is 0. The quantitative estimate of drug-likeness (QED) is 0.706. The summed E-state index contributed by atoms with van der Waals surface area (Å²) in [6, 6.07) is 4.49. The smallest absolute Gasteiger partial charge is 0.282 e. The van der Waals surface area contributed by atoms with Crippen molar-refractivity contribution in [3.05, 3.63) is 30.7 Å². The number of benzene rings is 1. The Kier molecular flexibility index (Phi) is 1.94. The molecule has 0 unspecified atom stereocenters. The molecule has 0 amide bonds.